The smallest absolute Gasteiger partial charge is 0.314 e. The zero-order valence-electron chi connectivity index (χ0n) is 11.2. The van der Waals surface area contributed by atoms with Crippen LogP contribution in [0.3, 0.4) is 0 Å². The normalized spacial score (nSPS) is 18.6. The number of benzene rings is 1. The summed E-state index contributed by atoms with van der Waals surface area (Å²) in [5.74, 6) is -0.795. The molecule has 1 aromatic carbocycles. The summed E-state index contributed by atoms with van der Waals surface area (Å²) in [6, 6.07) is 2.23. The molecule has 0 radical (unpaired) electrons. The van der Waals surface area contributed by atoms with Gasteiger partial charge in [-0.1, -0.05) is 6.42 Å². The molecule has 110 valence electrons. The third kappa shape index (κ3) is 3.36. The largest absolute Gasteiger partial charge is 0.490 e. The lowest BCUT2D eigenvalue weighted by molar-refractivity contribution is -0.386. The van der Waals surface area contributed by atoms with Gasteiger partial charge < -0.3 is 14.8 Å². The lowest BCUT2D eigenvalue weighted by atomic mass is 10.1. The van der Waals surface area contributed by atoms with Crippen molar-refractivity contribution < 1.29 is 18.8 Å². The summed E-state index contributed by atoms with van der Waals surface area (Å²) < 4.78 is 24.1. The average Bonchev–Trinajstić information content (AvgIpc) is 2.46. The van der Waals surface area contributed by atoms with Crippen molar-refractivity contribution in [3.05, 3.63) is 28.1 Å². The molecule has 1 aliphatic heterocycles. The van der Waals surface area contributed by atoms with Gasteiger partial charge in [0, 0.05) is 12.1 Å². The molecule has 0 amide bonds. The summed E-state index contributed by atoms with van der Waals surface area (Å²) in [4.78, 5) is 10.1. The summed E-state index contributed by atoms with van der Waals surface area (Å²) in [6.07, 6.45) is 3.23. The quantitative estimate of drug-likeness (QED) is 0.663. The Morgan fingerprint density at radius 3 is 2.85 bits per heavy atom. The van der Waals surface area contributed by atoms with Crippen molar-refractivity contribution >= 4 is 5.69 Å². The number of nitrogens with zero attached hydrogens (tertiary/aromatic N) is 1. The van der Waals surface area contributed by atoms with Crippen LogP contribution in [0, 0.1) is 15.9 Å². The molecule has 1 unspecified atom stereocenters. The van der Waals surface area contributed by atoms with Crippen molar-refractivity contribution in [1.82, 2.24) is 5.32 Å². The summed E-state index contributed by atoms with van der Waals surface area (Å²) in [7, 11) is 1.30. The Kier molecular flexibility index (Phi) is 4.73. The summed E-state index contributed by atoms with van der Waals surface area (Å²) >= 11 is 0. The molecule has 1 aromatic rings. The number of rotatable bonds is 5. The van der Waals surface area contributed by atoms with Gasteiger partial charge in [0.25, 0.3) is 0 Å². The van der Waals surface area contributed by atoms with E-state index in [4.69, 9.17) is 9.47 Å². The van der Waals surface area contributed by atoms with E-state index in [9.17, 15) is 14.5 Å². The van der Waals surface area contributed by atoms with Crippen molar-refractivity contribution in [1.29, 1.82) is 0 Å². The first kappa shape index (κ1) is 14.5. The molecule has 2 rings (SSSR count). The monoisotopic (exact) mass is 284 g/mol. The van der Waals surface area contributed by atoms with Crippen molar-refractivity contribution in [2.24, 2.45) is 0 Å². The number of nitrogens with one attached hydrogen (secondary N) is 1. The molecule has 0 spiro atoms. The molecule has 0 aliphatic carbocycles. The third-order valence-corrected chi connectivity index (χ3v) is 3.28. The van der Waals surface area contributed by atoms with E-state index in [-0.39, 0.29) is 17.5 Å². The number of nitro groups is 1. The fraction of sp³-hybridized carbons (Fsp3) is 0.538. The van der Waals surface area contributed by atoms with E-state index in [1.54, 1.807) is 0 Å². The van der Waals surface area contributed by atoms with Crippen LogP contribution in [-0.4, -0.2) is 31.2 Å². The minimum atomic E-state index is -0.756. The minimum Gasteiger partial charge on any atom is -0.490 e. The lowest BCUT2D eigenvalue weighted by Gasteiger charge is -2.23. The number of halogens is 1. The van der Waals surface area contributed by atoms with E-state index in [2.05, 4.69) is 5.32 Å². The van der Waals surface area contributed by atoms with Crippen LogP contribution in [0.25, 0.3) is 0 Å². The van der Waals surface area contributed by atoms with Crippen LogP contribution in [-0.2, 0) is 0 Å². The van der Waals surface area contributed by atoms with E-state index < -0.39 is 16.4 Å². The zero-order chi connectivity index (χ0) is 14.5. The fourth-order valence-corrected chi connectivity index (χ4v) is 2.20. The highest BCUT2D eigenvalue weighted by molar-refractivity contribution is 5.51. The van der Waals surface area contributed by atoms with Gasteiger partial charge in [-0.15, -0.1) is 0 Å². The van der Waals surface area contributed by atoms with Gasteiger partial charge in [-0.2, -0.15) is 0 Å². The van der Waals surface area contributed by atoms with Crippen LogP contribution in [0.15, 0.2) is 12.1 Å². The first-order valence-corrected chi connectivity index (χ1v) is 6.50. The number of methoxy groups -OCH3 is 1. The summed E-state index contributed by atoms with van der Waals surface area (Å²) in [5.41, 5.74) is -0.409. The van der Waals surface area contributed by atoms with Gasteiger partial charge in [-0.3, -0.25) is 10.1 Å². The van der Waals surface area contributed by atoms with Crippen LogP contribution in [0.1, 0.15) is 19.3 Å². The molecule has 7 heteroatoms. The van der Waals surface area contributed by atoms with Gasteiger partial charge in [0.15, 0.2) is 11.6 Å². The zero-order valence-corrected chi connectivity index (χ0v) is 11.2. The molecule has 1 aliphatic rings. The second kappa shape index (κ2) is 6.51. The van der Waals surface area contributed by atoms with Crippen LogP contribution in [0.2, 0.25) is 0 Å². The first-order valence-electron chi connectivity index (χ1n) is 6.50. The lowest BCUT2D eigenvalue weighted by Crippen LogP contribution is -2.38. The van der Waals surface area contributed by atoms with Crippen molar-refractivity contribution in [3.63, 3.8) is 0 Å². The molecule has 6 nitrogen and oxygen atoms in total. The Hall–Kier alpha value is -1.89. The molecule has 0 bridgehead atoms. The van der Waals surface area contributed by atoms with Gasteiger partial charge in [0.1, 0.15) is 6.61 Å². The van der Waals surface area contributed by atoms with Crippen molar-refractivity contribution in [2.45, 2.75) is 25.3 Å². The highest BCUT2D eigenvalue weighted by atomic mass is 19.1. The number of ether oxygens (including phenoxy) is 2. The van der Waals surface area contributed by atoms with E-state index in [1.807, 2.05) is 0 Å². The number of nitro benzene ring substituents is 1. The predicted octanol–water partition coefficient (Wildman–Crippen LogP) is 2.26. The SMILES string of the molecule is COc1cc(OCC2CCCCN2)c(F)cc1[N+](=O)[O-]. The number of hydrogen-bond acceptors (Lipinski definition) is 5. The van der Waals surface area contributed by atoms with E-state index in [1.165, 1.54) is 13.2 Å². The van der Waals surface area contributed by atoms with Crippen molar-refractivity contribution in [2.75, 3.05) is 20.3 Å². The maximum absolute atomic E-state index is 13.8. The van der Waals surface area contributed by atoms with Gasteiger partial charge in [0.2, 0.25) is 5.75 Å². The second-order valence-corrected chi connectivity index (χ2v) is 4.67. The highest BCUT2D eigenvalue weighted by Gasteiger charge is 2.21. The maximum atomic E-state index is 13.8. The summed E-state index contributed by atoms with van der Waals surface area (Å²) in [5, 5.41) is 14.0. The third-order valence-electron chi connectivity index (χ3n) is 3.28. The van der Waals surface area contributed by atoms with Gasteiger partial charge in [-0.05, 0) is 19.4 Å². The molecule has 1 saturated heterocycles. The molecule has 1 fully saturated rings. The molecule has 1 heterocycles. The first-order chi connectivity index (χ1) is 9.61. The molecule has 0 saturated carbocycles. The average molecular weight is 284 g/mol. The molecular weight excluding hydrogens is 267 g/mol. The Morgan fingerprint density at radius 2 is 2.25 bits per heavy atom. The van der Waals surface area contributed by atoms with Crippen LogP contribution < -0.4 is 14.8 Å². The Balaban J connectivity index is 2.09. The molecule has 1 N–H and O–H groups in total. The highest BCUT2D eigenvalue weighted by Crippen LogP contribution is 2.33. The summed E-state index contributed by atoms with van der Waals surface area (Å²) in [6.45, 7) is 1.26. The molecule has 1 atom stereocenters. The fourth-order valence-electron chi connectivity index (χ4n) is 2.20. The Labute approximate surface area is 116 Å². The standard InChI is InChI=1S/C13H17FN2O4/c1-19-13-7-12(10(14)6-11(13)16(17)18)20-8-9-4-2-3-5-15-9/h6-7,9,15H,2-5,8H2,1H3. The topological polar surface area (TPSA) is 73.6 Å². The molecule has 20 heavy (non-hydrogen) atoms. The van der Waals surface area contributed by atoms with Gasteiger partial charge in [0.05, 0.1) is 18.1 Å². The van der Waals surface area contributed by atoms with E-state index in [0.717, 1.165) is 31.9 Å². The van der Waals surface area contributed by atoms with Crippen molar-refractivity contribution in [3.8, 4) is 11.5 Å². The Bertz CT molecular complexity index is 490. The van der Waals surface area contributed by atoms with Crippen LogP contribution in [0.5, 0.6) is 11.5 Å². The molecular formula is C13H17FN2O4. The van der Waals surface area contributed by atoms with Gasteiger partial charge in [-0.25, -0.2) is 4.39 Å². The van der Waals surface area contributed by atoms with Gasteiger partial charge >= 0.3 is 5.69 Å². The number of piperidine rings is 1. The maximum Gasteiger partial charge on any atom is 0.314 e. The van der Waals surface area contributed by atoms with E-state index >= 15 is 0 Å². The minimum absolute atomic E-state index is 0.0111. The van der Waals surface area contributed by atoms with Crippen LogP contribution in [0.4, 0.5) is 10.1 Å². The number of hydrogen-bond donors (Lipinski definition) is 1. The van der Waals surface area contributed by atoms with E-state index in [0.29, 0.717) is 6.61 Å². The predicted molar refractivity (Wildman–Crippen MR) is 70.7 cm³/mol. The Morgan fingerprint density at radius 1 is 1.45 bits per heavy atom. The van der Waals surface area contributed by atoms with Crippen LogP contribution >= 0.6 is 0 Å². The molecule has 0 aromatic heterocycles. The second-order valence-electron chi connectivity index (χ2n) is 4.67.